The predicted octanol–water partition coefficient (Wildman–Crippen LogP) is 2.12. The van der Waals surface area contributed by atoms with Crippen molar-refractivity contribution in [2.75, 3.05) is 11.5 Å². The van der Waals surface area contributed by atoms with E-state index in [1.54, 1.807) is 37.3 Å². The fourth-order valence-electron chi connectivity index (χ4n) is 2.96. The summed E-state index contributed by atoms with van der Waals surface area (Å²) in [4.78, 5) is 16.6. The molecule has 132 valence electrons. The van der Waals surface area contributed by atoms with Crippen molar-refractivity contribution in [3.63, 3.8) is 0 Å². The second kappa shape index (κ2) is 6.55. The van der Waals surface area contributed by atoms with Gasteiger partial charge in [0.1, 0.15) is 5.82 Å². The molecule has 3 rings (SSSR count). The number of aromatic nitrogens is 1. The van der Waals surface area contributed by atoms with Gasteiger partial charge in [0.2, 0.25) is 0 Å². The van der Waals surface area contributed by atoms with Crippen LogP contribution in [-0.4, -0.2) is 36.4 Å². The quantitative estimate of drug-likeness (QED) is 0.904. The van der Waals surface area contributed by atoms with Crippen molar-refractivity contribution in [1.82, 2.24) is 10.3 Å². The van der Waals surface area contributed by atoms with Crippen molar-refractivity contribution in [2.24, 2.45) is 0 Å². The van der Waals surface area contributed by atoms with Gasteiger partial charge in [0.25, 0.3) is 5.91 Å². The Balaban J connectivity index is 1.68. The Kier molecular flexibility index (Phi) is 4.60. The van der Waals surface area contributed by atoms with Crippen LogP contribution in [0.4, 0.5) is 4.39 Å². The molecule has 1 atom stereocenters. The number of carbonyl (C=O) groups excluding carboxylic acids is 1. The Labute approximate surface area is 146 Å². The van der Waals surface area contributed by atoms with Crippen molar-refractivity contribution in [3.05, 3.63) is 65.2 Å². The first-order chi connectivity index (χ1) is 11.8. The monoisotopic (exact) mass is 362 g/mol. The van der Waals surface area contributed by atoms with Crippen LogP contribution in [0.5, 0.6) is 0 Å². The molecule has 1 N–H and O–H groups in total. The number of nitrogens with one attached hydrogen (secondary N) is 1. The standard InChI is InChI=1S/C18H19FN2O3S/c1-18(8-9-25(23,24)12-18)21-17(22)14-6-7-15(20-11-14)10-13-4-2-3-5-16(13)19/h2-7,11H,8-10,12H2,1H3,(H,21,22)/t18-/m0/s1. The lowest BCUT2D eigenvalue weighted by atomic mass is 10.0. The van der Waals surface area contributed by atoms with Gasteiger partial charge >= 0.3 is 0 Å². The number of amides is 1. The summed E-state index contributed by atoms with van der Waals surface area (Å²) in [5.41, 5.74) is 0.789. The molecule has 0 unspecified atom stereocenters. The van der Waals surface area contributed by atoms with Crippen LogP contribution < -0.4 is 5.32 Å². The van der Waals surface area contributed by atoms with E-state index in [4.69, 9.17) is 0 Å². The Morgan fingerprint density at radius 2 is 2.04 bits per heavy atom. The van der Waals surface area contributed by atoms with E-state index in [-0.39, 0.29) is 23.2 Å². The van der Waals surface area contributed by atoms with E-state index in [2.05, 4.69) is 10.3 Å². The lowest BCUT2D eigenvalue weighted by molar-refractivity contribution is 0.0915. The molecule has 0 spiro atoms. The summed E-state index contributed by atoms with van der Waals surface area (Å²) in [5.74, 6) is -0.611. The largest absolute Gasteiger partial charge is 0.346 e. The van der Waals surface area contributed by atoms with Gasteiger partial charge in [-0.25, -0.2) is 12.8 Å². The lowest BCUT2D eigenvalue weighted by Crippen LogP contribution is -2.46. The van der Waals surface area contributed by atoms with Crippen molar-refractivity contribution in [1.29, 1.82) is 0 Å². The molecule has 7 heteroatoms. The van der Waals surface area contributed by atoms with Crippen LogP contribution in [0.15, 0.2) is 42.6 Å². The maximum Gasteiger partial charge on any atom is 0.253 e. The molecule has 5 nitrogen and oxygen atoms in total. The first kappa shape index (κ1) is 17.5. The van der Waals surface area contributed by atoms with Crippen LogP contribution >= 0.6 is 0 Å². The number of hydrogen-bond donors (Lipinski definition) is 1. The van der Waals surface area contributed by atoms with Crippen LogP contribution in [0.25, 0.3) is 0 Å². The molecule has 1 saturated heterocycles. The fraction of sp³-hybridized carbons (Fsp3) is 0.333. The zero-order valence-corrected chi connectivity index (χ0v) is 14.6. The van der Waals surface area contributed by atoms with Crippen molar-refractivity contribution in [2.45, 2.75) is 25.3 Å². The van der Waals surface area contributed by atoms with E-state index in [1.165, 1.54) is 12.3 Å². The number of hydrogen-bond acceptors (Lipinski definition) is 4. The molecular formula is C18H19FN2O3S. The van der Waals surface area contributed by atoms with Gasteiger partial charge in [-0.05, 0) is 37.1 Å². The summed E-state index contributed by atoms with van der Waals surface area (Å²) in [6.07, 6.45) is 2.17. The molecule has 0 radical (unpaired) electrons. The smallest absolute Gasteiger partial charge is 0.253 e. The number of carbonyl (C=O) groups is 1. The van der Waals surface area contributed by atoms with Crippen LogP contribution in [0.1, 0.15) is 35.0 Å². The summed E-state index contributed by atoms with van der Waals surface area (Å²) in [6.45, 7) is 1.73. The van der Waals surface area contributed by atoms with E-state index in [0.717, 1.165) is 0 Å². The van der Waals surface area contributed by atoms with E-state index >= 15 is 0 Å². The highest BCUT2D eigenvalue weighted by Gasteiger charge is 2.39. The highest BCUT2D eigenvalue weighted by Crippen LogP contribution is 2.23. The first-order valence-electron chi connectivity index (χ1n) is 7.98. The summed E-state index contributed by atoms with van der Waals surface area (Å²) < 4.78 is 36.9. The number of pyridine rings is 1. The van der Waals surface area contributed by atoms with Gasteiger partial charge in [-0.3, -0.25) is 9.78 Å². The number of halogens is 1. The van der Waals surface area contributed by atoms with Gasteiger partial charge in [-0.15, -0.1) is 0 Å². The predicted molar refractivity (Wildman–Crippen MR) is 92.6 cm³/mol. The molecule has 1 aliphatic rings. The maximum absolute atomic E-state index is 13.7. The van der Waals surface area contributed by atoms with Crippen molar-refractivity contribution < 1.29 is 17.6 Å². The molecule has 2 heterocycles. The first-order valence-corrected chi connectivity index (χ1v) is 9.80. The van der Waals surface area contributed by atoms with Crippen LogP contribution in [0, 0.1) is 5.82 Å². The third-order valence-corrected chi connectivity index (χ3v) is 6.24. The average Bonchev–Trinajstić information content (AvgIpc) is 2.83. The molecule has 1 aliphatic heterocycles. The van der Waals surface area contributed by atoms with Crippen LogP contribution in [0.2, 0.25) is 0 Å². The molecule has 1 aromatic heterocycles. The molecule has 0 aliphatic carbocycles. The number of sulfone groups is 1. The van der Waals surface area contributed by atoms with Crippen molar-refractivity contribution in [3.8, 4) is 0 Å². The minimum atomic E-state index is -3.09. The molecule has 25 heavy (non-hydrogen) atoms. The highest BCUT2D eigenvalue weighted by molar-refractivity contribution is 7.91. The average molecular weight is 362 g/mol. The third kappa shape index (κ3) is 4.22. The second-order valence-electron chi connectivity index (χ2n) is 6.66. The summed E-state index contributed by atoms with van der Waals surface area (Å²) in [5, 5.41) is 2.79. The Morgan fingerprint density at radius 1 is 1.28 bits per heavy atom. The van der Waals surface area contributed by atoms with Crippen LogP contribution in [0.3, 0.4) is 0 Å². The summed E-state index contributed by atoms with van der Waals surface area (Å²) in [6, 6.07) is 9.77. The fourth-order valence-corrected chi connectivity index (χ4v) is 5.05. The van der Waals surface area contributed by atoms with E-state index in [9.17, 15) is 17.6 Å². The van der Waals surface area contributed by atoms with Gasteiger partial charge < -0.3 is 5.32 Å². The molecular weight excluding hydrogens is 343 g/mol. The minimum absolute atomic E-state index is 0.0511. The lowest BCUT2D eigenvalue weighted by Gasteiger charge is -2.23. The third-order valence-electron chi connectivity index (χ3n) is 4.33. The number of benzene rings is 1. The molecule has 1 fully saturated rings. The normalized spacial score (nSPS) is 21.8. The van der Waals surface area contributed by atoms with Gasteiger partial charge in [-0.2, -0.15) is 0 Å². The summed E-state index contributed by atoms with van der Waals surface area (Å²) >= 11 is 0. The highest BCUT2D eigenvalue weighted by atomic mass is 32.2. The number of nitrogens with zero attached hydrogens (tertiary/aromatic N) is 1. The van der Waals surface area contributed by atoms with E-state index in [0.29, 0.717) is 29.7 Å². The van der Waals surface area contributed by atoms with E-state index in [1.807, 2.05) is 0 Å². The van der Waals surface area contributed by atoms with Gasteiger partial charge in [0, 0.05) is 18.3 Å². The van der Waals surface area contributed by atoms with Gasteiger partial charge in [0.15, 0.2) is 9.84 Å². The zero-order valence-electron chi connectivity index (χ0n) is 13.8. The Morgan fingerprint density at radius 3 is 2.64 bits per heavy atom. The molecule has 0 bridgehead atoms. The molecule has 1 amide bonds. The Bertz CT molecular complexity index is 897. The maximum atomic E-state index is 13.7. The SMILES string of the molecule is C[C@]1(NC(=O)c2ccc(Cc3ccccc3F)nc2)CCS(=O)(=O)C1. The van der Waals surface area contributed by atoms with Crippen LogP contribution in [-0.2, 0) is 16.3 Å². The Hall–Kier alpha value is -2.28. The minimum Gasteiger partial charge on any atom is -0.346 e. The van der Waals surface area contributed by atoms with Gasteiger partial charge in [-0.1, -0.05) is 18.2 Å². The molecule has 0 saturated carbocycles. The second-order valence-corrected chi connectivity index (χ2v) is 8.85. The topological polar surface area (TPSA) is 76.1 Å². The van der Waals surface area contributed by atoms with E-state index < -0.39 is 15.4 Å². The van der Waals surface area contributed by atoms with Gasteiger partial charge in [0.05, 0.1) is 22.6 Å². The summed E-state index contributed by atoms with van der Waals surface area (Å²) in [7, 11) is -3.09. The molecule has 1 aromatic carbocycles. The van der Waals surface area contributed by atoms with Crippen molar-refractivity contribution >= 4 is 15.7 Å². The number of rotatable bonds is 4. The molecule has 2 aromatic rings. The zero-order chi connectivity index (χ0) is 18.1.